The number of hydrogen-bond donors (Lipinski definition) is 2. The Bertz CT molecular complexity index is 628. The Morgan fingerprint density at radius 3 is 2.48 bits per heavy atom. The monoisotopic (exact) mass is 316 g/mol. The van der Waals surface area contributed by atoms with Gasteiger partial charge in [0.2, 0.25) is 0 Å². The number of carbonyl (C=O) groups is 2. The molecule has 0 unspecified atom stereocenters. The van der Waals surface area contributed by atoms with E-state index in [1.807, 2.05) is 0 Å². The lowest BCUT2D eigenvalue weighted by atomic mass is 10.2. The summed E-state index contributed by atoms with van der Waals surface area (Å²) in [6, 6.07) is 6.53. The van der Waals surface area contributed by atoms with Crippen molar-refractivity contribution < 1.29 is 27.9 Å². The smallest absolute Gasteiger partial charge is 0.422 e. The molecular formula is C12H16N2O6S. The van der Waals surface area contributed by atoms with Gasteiger partial charge in [0.05, 0.1) is 19.2 Å². The molecule has 0 heterocycles. The predicted octanol–water partition coefficient (Wildman–Crippen LogP) is 0.877. The van der Waals surface area contributed by atoms with Crippen LogP contribution in [0.15, 0.2) is 24.3 Å². The molecule has 1 rings (SSSR count). The molecule has 0 spiro atoms. The van der Waals surface area contributed by atoms with Crippen LogP contribution >= 0.6 is 0 Å². The zero-order valence-corrected chi connectivity index (χ0v) is 12.4. The Balaban J connectivity index is 3.16. The van der Waals surface area contributed by atoms with Gasteiger partial charge < -0.3 is 9.84 Å². The standard InChI is InChI=1S/C12H16N2O6S/c1-9-5-3-4-6-10(9)14(8-7-11(15)16)21(18,19)13-12(17)20-2/h3-6H,7-8H2,1-2H3,(H,13,17)(H,15,16). The molecule has 116 valence electrons. The highest BCUT2D eigenvalue weighted by atomic mass is 32.2. The SMILES string of the molecule is COC(=O)NS(=O)(=O)N(CCC(=O)O)c1ccccc1C. The van der Waals surface area contributed by atoms with Crippen LogP contribution in [0.1, 0.15) is 12.0 Å². The maximum atomic E-state index is 12.2. The Morgan fingerprint density at radius 1 is 1.33 bits per heavy atom. The van der Waals surface area contributed by atoms with Gasteiger partial charge in [0.15, 0.2) is 0 Å². The van der Waals surface area contributed by atoms with Gasteiger partial charge in [-0.3, -0.25) is 9.10 Å². The summed E-state index contributed by atoms with van der Waals surface area (Å²) in [6.45, 7) is 1.36. The number of aryl methyl sites for hydroxylation is 1. The molecule has 0 saturated heterocycles. The second kappa shape index (κ2) is 6.93. The average molecular weight is 316 g/mol. The number of nitrogens with zero attached hydrogens (tertiary/aromatic N) is 1. The molecule has 0 bridgehead atoms. The van der Waals surface area contributed by atoms with Crippen LogP contribution in [0.2, 0.25) is 0 Å². The lowest BCUT2D eigenvalue weighted by Gasteiger charge is -2.24. The maximum Gasteiger partial charge on any atom is 0.422 e. The van der Waals surface area contributed by atoms with E-state index in [-0.39, 0.29) is 12.2 Å². The number of rotatable bonds is 6. The van der Waals surface area contributed by atoms with E-state index < -0.39 is 28.7 Å². The van der Waals surface area contributed by atoms with Crippen LogP contribution in [0.25, 0.3) is 0 Å². The lowest BCUT2D eigenvalue weighted by Crippen LogP contribution is -2.44. The molecule has 1 aromatic carbocycles. The number of amides is 1. The third kappa shape index (κ3) is 4.63. The summed E-state index contributed by atoms with van der Waals surface area (Å²) in [7, 11) is -3.23. The number of anilines is 1. The summed E-state index contributed by atoms with van der Waals surface area (Å²) in [4.78, 5) is 21.8. The molecule has 2 N–H and O–H groups in total. The normalized spacial score (nSPS) is 10.8. The minimum Gasteiger partial charge on any atom is -0.481 e. The van der Waals surface area contributed by atoms with Crippen LogP contribution in [-0.2, 0) is 19.7 Å². The maximum absolute atomic E-state index is 12.2. The largest absolute Gasteiger partial charge is 0.481 e. The highest BCUT2D eigenvalue weighted by Gasteiger charge is 2.26. The van der Waals surface area contributed by atoms with Gasteiger partial charge in [0.25, 0.3) is 0 Å². The molecule has 1 aromatic rings. The summed E-state index contributed by atoms with van der Waals surface area (Å²) in [5.41, 5.74) is 0.910. The van der Waals surface area contributed by atoms with E-state index in [2.05, 4.69) is 4.74 Å². The lowest BCUT2D eigenvalue weighted by molar-refractivity contribution is -0.136. The van der Waals surface area contributed by atoms with Crippen LogP contribution in [0, 0.1) is 6.92 Å². The molecule has 0 aliphatic rings. The second-order valence-electron chi connectivity index (χ2n) is 4.10. The van der Waals surface area contributed by atoms with Gasteiger partial charge in [-0.05, 0) is 18.6 Å². The minimum atomic E-state index is -4.26. The van der Waals surface area contributed by atoms with Gasteiger partial charge in [-0.25, -0.2) is 9.52 Å². The van der Waals surface area contributed by atoms with E-state index in [0.717, 1.165) is 11.4 Å². The topological polar surface area (TPSA) is 113 Å². The zero-order valence-electron chi connectivity index (χ0n) is 11.6. The van der Waals surface area contributed by atoms with E-state index in [9.17, 15) is 18.0 Å². The van der Waals surface area contributed by atoms with Gasteiger partial charge >= 0.3 is 22.3 Å². The Morgan fingerprint density at radius 2 is 1.95 bits per heavy atom. The van der Waals surface area contributed by atoms with E-state index in [0.29, 0.717) is 5.56 Å². The van der Waals surface area contributed by atoms with Crippen molar-refractivity contribution >= 4 is 28.0 Å². The molecule has 0 aromatic heterocycles. The van der Waals surface area contributed by atoms with Gasteiger partial charge in [0, 0.05) is 6.54 Å². The van der Waals surface area contributed by atoms with Crippen LogP contribution in [0.5, 0.6) is 0 Å². The van der Waals surface area contributed by atoms with Crippen molar-refractivity contribution in [2.45, 2.75) is 13.3 Å². The molecule has 0 saturated carbocycles. The fourth-order valence-corrected chi connectivity index (χ4v) is 2.81. The van der Waals surface area contributed by atoms with Crippen LogP contribution in [-0.4, -0.2) is 39.2 Å². The van der Waals surface area contributed by atoms with Crippen molar-refractivity contribution in [3.8, 4) is 0 Å². The summed E-state index contributed by atoms with van der Waals surface area (Å²) < 4.78 is 31.2. The number of benzene rings is 1. The molecule has 0 aliphatic carbocycles. The molecular weight excluding hydrogens is 300 g/mol. The van der Waals surface area contributed by atoms with Crippen molar-refractivity contribution in [2.75, 3.05) is 18.0 Å². The summed E-state index contributed by atoms with van der Waals surface area (Å²) in [6.07, 6.45) is -1.56. The second-order valence-corrected chi connectivity index (χ2v) is 5.70. The first-order chi connectivity index (χ1) is 9.77. The number of para-hydroxylation sites is 1. The number of ether oxygens (including phenoxy) is 1. The number of carboxylic acids is 1. The molecule has 0 radical (unpaired) electrons. The number of nitrogens with one attached hydrogen (secondary N) is 1. The molecule has 0 fully saturated rings. The first kappa shape index (κ1) is 16.8. The van der Waals surface area contributed by atoms with Crippen LogP contribution in [0.3, 0.4) is 0 Å². The number of carbonyl (C=O) groups excluding carboxylic acids is 1. The summed E-state index contributed by atoms with van der Waals surface area (Å²) in [5, 5.41) is 8.74. The highest BCUT2D eigenvalue weighted by Crippen LogP contribution is 2.22. The van der Waals surface area contributed by atoms with Crippen molar-refractivity contribution in [1.29, 1.82) is 0 Å². The van der Waals surface area contributed by atoms with Gasteiger partial charge in [-0.15, -0.1) is 0 Å². The molecule has 1 amide bonds. The highest BCUT2D eigenvalue weighted by molar-refractivity contribution is 7.91. The van der Waals surface area contributed by atoms with E-state index in [1.54, 1.807) is 29.8 Å². The van der Waals surface area contributed by atoms with Gasteiger partial charge in [-0.1, -0.05) is 18.2 Å². The van der Waals surface area contributed by atoms with Gasteiger partial charge in [0.1, 0.15) is 0 Å². The zero-order chi connectivity index (χ0) is 16.0. The fraction of sp³-hybridized carbons (Fsp3) is 0.333. The van der Waals surface area contributed by atoms with E-state index >= 15 is 0 Å². The number of methoxy groups -OCH3 is 1. The third-order valence-electron chi connectivity index (χ3n) is 2.60. The number of carboxylic acid groups (broad SMARTS) is 1. The summed E-state index contributed by atoms with van der Waals surface area (Å²) >= 11 is 0. The first-order valence-corrected chi connectivity index (χ1v) is 7.38. The van der Waals surface area contributed by atoms with E-state index in [4.69, 9.17) is 5.11 Å². The molecule has 21 heavy (non-hydrogen) atoms. The quantitative estimate of drug-likeness (QED) is 0.805. The van der Waals surface area contributed by atoms with Gasteiger partial charge in [-0.2, -0.15) is 8.42 Å². The molecule has 9 heteroatoms. The molecule has 0 aliphatic heterocycles. The van der Waals surface area contributed by atoms with Crippen molar-refractivity contribution in [2.24, 2.45) is 0 Å². The van der Waals surface area contributed by atoms with Crippen molar-refractivity contribution in [3.63, 3.8) is 0 Å². The van der Waals surface area contributed by atoms with Crippen molar-refractivity contribution in [3.05, 3.63) is 29.8 Å². The predicted molar refractivity (Wildman–Crippen MR) is 75.2 cm³/mol. The Labute approximate surface area is 122 Å². The molecule has 8 nitrogen and oxygen atoms in total. The summed E-state index contributed by atoms with van der Waals surface area (Å²) in [5.74, 6) is -1.15. The fourth-order valence-electron chi connectivity index (χ4n) is 1.61. The average Bonchev–Trinajstić information content (AvgIpc) is 2.39. The number of hydrogen-bond acceptors (Lipinski definition) is 5. The van der Waals surface area contributed by atoms with Crippen LogP contribution in [0.4, 0.5) is 10.5 Å². The first-order valence-electron chi connectivity index (χ1n) is 5.93. The van der Waals surface area contributed by atoms with Crippen LogP contribution < -0.4 is 9.03 Å². The molecule has 0 atom stereocenters. The minimum absolute atomic E-state index is 0.287. The van der Waals surface area contributed by atoms with E-state index in [1.165, 1.54) is 6.07 Å². The van der Waals surface area contributed by atoms with Crippen molar-refractivity contribution in [1.82, 2.24) is 4.72 Å². The Hall–Kier alpha value is -2.29. The Kier molecular flexibility index (Phi) is 5.53. The number of aliphatic carboxylic acids is 1. The third-order valence-corrected chi connectivity index (χ3v) is 3.98.